The Morgan fingerprint density at radius 2 is 1.86 bits per heavy atom. The van der Waals surface area contributed by atoms with Crippen LogP contribution in [0.1, 0.15) is 51.7 Å². The van der Waals surface area contributed by atoms with Gasteiger partial charge in [-0.3, -0.25) is 9.69 Å². The van der Waals surface area contributed by atoms with E-state index < -0.39 is 20.3 Å². The first kappa shape index (κ1) is 22.6. The minimum atomic E-state index is -2.21. The van der Waals surface area contributed by atoms with Crippen LogP contribution in [0.2, 0.25) is 18.1 Å². The molecule has 0 spiro atoms. The van der Waals surface area contributed by atoms with E-state index in [9.17, 15) is 4.79 Å². The van der Waals surface area contributed by atoms with Crippen LogP contribution in [-0.2, 0) is 14.0 Å². The summed E-state index contributed by atoms with van der Waals surface area (Å²) in [6.07, 6.45) is 5.26. The Hall–Kier alpha value is -1.69. The number of carbonyl (C=O) groups excluding carboxylic acids is 1. The van der Waals surface area contributed by atoms with Crippen LogP contribution in [0.5, 0.6) is 0 Å². The van der Waals surface area contributed by atoms with Crippen molar-refractivity contribution in [2.45, 2.75) is 70.2 Å². The molecule has 4 nitrogen and oxygen atoms in total. The van der Waals surface area contributed by atoms with Crippen molar-refractivity contribution in [3.8, 4) is 0 Å². The van der Waals surface area contributed by atoms with Gasteiger partial charge in [0.05, 0.1) is 0 Å². The fourth-order valence-electron chi connectivity index (χ4n) is 3.15. The van der Waals surface area contributed by atoms with E-state index in [0.29, 0.717) is 13.0 Å². The predicted molar refractivity (Wildman–Crippen MR) is 117 cm³/mol. The summed E-state index contributed by atoms with van der Waals surface area (Å²) in [5.74, 6) is -1.14. The molecule has 1 fully saturated rings. The minimum absolute atomic E-state index is 0.00444. The summed E-state index contributed by atoms with van der Waals surface area (Å²) in [7, 11) is -2.21. The van der Waals surface area contributed by atoms with E-state index in [0.717, 1.165) is 18.4 Å². The van der Waals surface area contributed by atoms with Gasteiger partial charge in [0.1, 0.15) is 0 Å². The SMILES string of the molecule is C=CCCCC1(O[Si](C)(C)C(C)(C)C)OC(c2ccccc2)C(=O)N1CC=C. The molecular formula is C23H35NO3Si. The lowest BCUT2D eigenvalue weighted by atomic mass is 10.1. The summed E-state index contributed by atoms with van der Waals surface area (Å²) in [5, 5.41) is -0.00444. The summed E-state index contributed by atoms with van der Waals surface area (Å²) in [4.78, 5) is 15.1. The molecule has 1 amide bonds. The Bertz CT molecular complexity index is 696. The molecule has 5 heteroatoms. The third-order valence-electron chi connectivity index (χ3n) is 5.74. The molecule has 1 saturated heterocycles. The molecule has 0 N–H and O–H groups in total. The summed E-state index contributed by atoms with van der Waals surface area (Å²) in [6.45, 7) is 19.0. The molecule has 0 aliphatic carbocycles. The molecule has 0 bridgehead atoms. The standard InChI is InChI=1S/C23H35NO3Si/c1-8-10-14-17-23(27-28(6,7)22(3,4)5)24(18-9-2)21(25)20(26-23)19-15-12-11-13-16-19/h8-9,11-13,15-16,20H,1-2,10,14,17-18H2,3-7H3. The molecule has 154 valence electrons. The Kier molecular flexibility index (Phi) is 7.07. The van der Waals surface area contributed by atoms with Crippen LogP contribution < -0.4 is 0 Å². The van der Waals surface area contributed by atoms with Crippen molar-refractivity contribution in [2.24, 2.45) is 0 Å². The van der Waals surface area contributed by atoms with Crippen molar-refractivity contribution in [1.29, 1.82) is 0 Å². The number of hydrogen-bond donors (Lipinski definition) is 0. The zero-order valence-corrected chi connectivity index (χ0v) is 19.0. The molecule has 1 aliphatic heterocycles. The van der Waals surface area contributed by atoms with Gasteiger partial charge in [0, 0.05) is 13.0 Å². The average molecular weight is 402 g/mol. The molecule has 0 radical (unpaired) electrons. The molecule has 1 aromatic rings. The zero-order valence-electron chi connectivity index (χ0n) is 18.0. The number of nitrogens with zero attached hydrogens (tertiary/aromatic N) is 1. The van der Waals surface area contributed by atoms with E-state index in [-0.39, 0.29) is 10.9 Å². The number of hydrogen-bond acceptors (Lipinski definition) is 3. The van der Waals surface area contributed by atoms with Gasteiger partial charge < -0.3 is 9.16 Å². The van der Waals surface area contributed by atoms with E-state index in [4.69, 9.17) is 9.16 Å². The van der Waals surface area contributed by atoms with Crippen LogP contribution in [0.3, 0.4) is 0 Å². The Labute approximate surface area is 171 Å². The van der Waals surface area contributed by atoms with Gasteiger partial charge in [0.2, 0.25) is 5.91 Å². The molecule has 28 heavy (non-hydrogen) atoms. The van der Waals surface area contributed by atoms with Crippen LogP contribution >= 0.6 is 0 Å². The maximum atomic E-state index is 13.3. The second kappa shape index (κ2) is 8.76. The largest absolute Gasteiger partial charge is 0.374 e. The number of carbonyl (C=O) groups is 1. The zero-order chi connectivity index (χ0) is 21.0. The third-order valence-corrected chi connectivity index (χ3v) is 10.2. The topological polar surface area (TPSA) is 38.8 Å². The second-order valence-corrected chi connectivity index (χ2v) is 13.6. The Balaban J connectivity index is 2.48. The summed E-state index contributed by atoms with van der Waals surface area (Å²) in [6, 6.07) is 9.65. The van der Waals surface area contributed by atoms with Gasteiger partial charge in [0.15, 0.2) is 14.4 Å². The molecule has 1 aromatic carbocycles. The van der Waals surface area contributed by atoms with Crippen molar-refractivity contribution >= 4 is 14.2 Å². The van der Waals surface area contributed by atoms with Crippen molar-refractivity contribution < 1.29 is 14.0 Å². The normalized spacial score (nSPS) is 23.1. The van der Waals surface area contributed by atoms with E-state index in [2.05, 4.69) is 47.0 Å². The summed E-state index contributed by atoms with van der Waals surface area (Å²) < 4.78 is 13.3. The minimum Gasteiger partial charge on any atom is -0.374 e. The molecule has 1 aliphatic rings. The van der Waals surface area contributed by atoms with Crippen LogP contribution in [0.15, 0.2) is 55.6 Å². The molecule has 1 heterocycles. The molecule has 2 atom stereocenters. The number of allylic oxidation sites excluding steroid dienone is 1. The highest BCUT2D eigenvalue weighted by atomic mass is 28.4. The first-order valence-corrected chi connectivity index (χ1v) is 12.9. The highest BCUT2D eigenvalue weighted by molar-refractivity contribution is 6.74. The number of unbranched alkanes of at least 4 members (excludes halogenated alkanes) is 1. The number of benzene rings is 1. The van der Waals surface area contributed by atoms with E-state index >= 15 is 0 Å². The lowest BCUT2D eigenvalue weighted by Gasteiger charge is -2.46. The predicted octanol–water partition coefficient (Wildman–Crippen LogP) is 5.80. The maximum Gasteiger partial charge on any atom is 0.260 e. The highest BCUT2D eigenvalue weighted by Crippen LogP contribution is 2.47. The smallest absolute Gasteiger partial charge is 0.260 e. The number of amides is 1. The Morgan fingerprint density at radius 1 is 1.21 bits per heavy atom. The van der Waals surface area contributed by atoms with Crippen LogP contribution in [0, 0.1) is 0 Å². The fraction of sp³-hybridized carbons (Fsp3) is 0.522. The first-order chi connectivity index (χ1) is 13.1. The number of rotatable bonds is 9. The molecule has 2 rings (SSSR count). The quantitative estimate of drug-likeness (QED) is 0.298. The van der Waals surface area contributed by atoms with Crippen LogP contribution in [0.25, 0.3) is 0 Å². The van der Waals surface area contributed by atoms with Crippen molar-refractivity contribution in [3.05, 3.63) is 61.2 Å². The molecule has 2 unspecified atom stereocenters. The number of ether oxygens (including phenoxy) is 1. The Morgan fingerprint density at radius 3 is 2.39 bits per heavy atom. The average Bonchev–Trinajstić information content (AvgIpc) is 2.88. The third kappa shape index (κ3) is 4.65. The molecular weight excluding hydrogens is 366 g/mol. The van der Waals surface area contributed by atoms with Gasteiger partial charge in [-0.05, 0) is 36.5 Å². The van der Waals surface area contributed by atoms with Gasteiger partial charge in [-0.1, -0.05) is 63.3 Å². The van der Waals surface area contributed by atoms with Crippen molar-refractivity contribution in [2.75, 3.05) is 6.54 Å². The van der Waals surface area contributed by atoms with Crippen molar-refractivity contribution in [3.63, 3.8) is 0 Å². The first-order valence-electron chi connectivity index (χ1n) is 10.0. The van der Waals surface area contributed by atoms with Gasteiger partial charge >= 0.3 is 0 Å². The highest BCUT2D eigenvalue weighted by Gasteiger charge is 2.56. The van der Waals surface area contributed by atoms with Crippen LogP contribution in [-0.4, -0.2) is 31.6 Å². The lowest BCUT2D eigenvalue weighted by molar-refractivity contribution is -0.247. The van der Waals surface area contributed by atoms with Gasteiger partial charge in [-0.2, -0.15) is 0 Å². The maximum absolute atomic E-state index is 13.3. The lowest BCUT2D eigenvalue weighted by Crippen LogP contribution is -2.57. The van der Waals surface area contributed by atoms with Gasteiger partial charge in [-0.25, -0.2) is 0 Å². The van der Waals surface area contributed by atoms with Crippen LogP contribution in [0.4, 0.5) is 0 Å². The van der Waals surface area contributed by atoms with E-state index in [1.165, 1.54) is 0 Å². The summed E-state index contributed by atoms with van der Waals surface area (Å²) in [5.41, 5.74) is 0.853. The van der Waals surface area contributed by atoms with Gasteiger partial charge in [0.25, 0.3) is 5.91 Å². The molecule has 0 saturated carbocycles. The van der Waals surface area contributed by atoms with E-state index in [1.54, 1.807) is 11.0 Å². The monoisotopic (exact) mass is 401 g/mol. The van der Waals surface area contributed by atoms with E-state index in [1.807, 2.05) is 36.4 Å². The molecule has 0 aromatic heterocycles. The second-order valence-electron chi connectivity index (χ2n) is 8.90. The van der Waals surface area contributed by atoms with Crippen molar-refractivity contribution in [1.82, 2.24) is 4.90 Å². The summed E-state index contributed by atoms with van der Waals surface area (Å²) >= 11 is 0. The van der Waals surface area contributed by atoms with Gasteiger partial charge in [-0.15, -0.1) is 13.2 Å². The fourth-order valence-corrected chi connectivity index (χ4v) is 4.51.